The van der Waals surface area contributed by atoms with Gasteiger partial charge in [-0.05, 0) is 45.2 Å². The summed E-state index contributed by atoms with van der Waals surface area (Å²) in [6.07, 6.45) is 6.10. The quantitative estimate of drug-likeness (QED) is 0.875. The fraction of sp³-hybridized carbons (Fsp3) is 0.733. The summed E-state index contributed by atoms with van der Waals surface area (Å²) in [7, 11) is -3.34. The normalized spacial score (nSPS) is 23.8. The Hall–Kier alpha value is -0.850. The predicted molar refractivity (Wildman–Crippen MR) is 82.7 cm³/mol. The monoisotopic (exact) mass is 311 g/mol. The molecule has 21 heavy (non-hydrogen) atoms. The summed E-state index contributed by atoms with van der Waals surface area (Å²) in [5.41, 5.74) is 1.09. The van der Waals surface area contributed by atoms with E-state index in [9.17, 15) is 8.42 Å². The van der Waals surface area contributed by atoms with Crippen molar-refractivity contribution < 1.29 is 8.42 Å². The molecule has 1 atom stereocenters. The van der Waals surface area contributed by atoms with Crippen molar-refractivity contribution in [2.45, 2.75) is 63.1 Å². The van der Waals surface area contributed by atoms with Gasteiger partial charge in [-0.25, -0.2) is 8.42 Å². The molecule has 2 aliphatic rings. The molecule has 5 nitrogen and oxygen atoms in total. The van der Waals surface area contributed by atoms with E-state index in [-0.39, 0.29) is 6.04 Å². The number of sulfonamides is 1. The predicted octanol–water partition coefficient (Wildman–Crippen LogP) is 2.11. The molecular formula is C15H25N3O2S. The highest BCUT2D eigenvalue weighted by atomic mass is 32.2. The second-order valence-corrected chi connectivity index (χ2v) is 8.08. The van der Waals surface area contributed by atoms with Crippen molar-refractivity contribution in [1.29, 1.82) is 0 Å². The zero-order chi connectivity index (χ0) is 15.0. The van der Waals surface area contributed by atoms with Gasteiger partial charge in [-0.2, -0.15) is 4.31 Å². The molecule has 0 bridgehead atoms. The molecular weight excluding hydrogens is 286 g/mol. The maximum absolute atomic E-state index is 12.8. The molecule has 2 fully saturated rings. The Morgan fingerprint density at radius 1 is 1.33 bits per heavy atom. The van der Waals surface area contributed by atoms with Crippen LogP contribution in [0.4, 0.5) is 0 Å². The molecule has 2 heterocycles. The summed E-state index contributed by atoms with van der Waals surface area (Å²) >= 11 is 0. The van der Waals surface area contributed by atoms with Gasteiger partial charge in [0, 0.05) is 37.1 Å². The van der Waals surface area contributed by atoms with Crippen LogP contribution in [0.2, 0.25) is 0 Å². The van der Waals surface area contributed by atoms with Crippen molar-refractivity contribution in [1.82, 2.24) is 14.2 Å². The summed E-state index contributed by atoms with van der Waals surface area (Å²) < 4.78 is 29.5. The van der Waals surface area contributed by atoms with Crippen LogP contribution in [0.3, 0.4) is 0 Å². The van der Waals surface area contributed by atoms with Crippen LogP contribution < -0.4 is 5.32 Å². The Labute approximate surface area is 127 Å². The van der Waals surface area contributed by atoms with Gasteiger partial charge < -0.3 is 9.88 Å². The van der Waals surface area contributed by atoms with Crippen molar-refractivity contribution in [3.05, 3.63) is 18.0 Å². The second kappa shape index (κ2) is 5.74. The Morgan fingerprint density at radius 3 is 2.67 bits per heavy atom. The van der Waals surface area contributed by atoms with Gasteiger partial charge in [0.25, 0.3) is 0 Å². The highest BCUT2D eigenvalue weighted by molar-refractivity contribution is 7.89. The maximum Gasteiger partial charge on any atom is 0.244 e. The lowest BCUT2D eigenvalue weighted by Crippen LogP contribution is -2.33. The van der Waals surface area contributed by atoms with E-state index >= 15 is 0 Å². The van der Waals surface area contributed by atoms with Crippen LogP contribution in [-0.4, -0.2) is 36.4 Å². The lowest BCUT2D eigenvalue weighted by atomic mass is 10.3. The smallest absolute Gasteiger partial charge is 0.244 e. The van der Waals surface area contributed by atoms with Crippen LogP contribution in [0.1, 0.15) is 51.3 Å². The maximum atomic E-state index is 12.8. The van der Waals surface area contributed by atoms with Gasteiger partial charge in [-0.3, -0.25) is 0 Å². The van der Waals surface area contributed by atoms with E-state index in [1.54, 1.807) is 4.31 Å². The standard InChI is InChI=1S/C15H25N3O2S/c1-3-16-10-14-9-15(11-17(14)13-6-7-13)21(19,20)18-8-4-5-12(18)2/h9,11-13,16H,3-8,10H2,1-2H3. The average molecular weight is 311 g/mol. The van der Waals surface area contributed by atoms with E-state index in [2.05, 4.69) is 16.8 Å². The summed E-state index contributed by atoms with van der Waals surface area (Å²) in [5.74, 6) is 0. The molecule has 0 aromatic carbocycles. The first-order valence-corrected chi connectivity index (χ1v) is 9.41. The van der Waals surface area contributed by atoms with E-state index in [0.717, 1.165) is 44.5 Å². The molecule has 0 spiro atoms. The largest absolute Gasteiger partial charge is 0.346 e. The van der Waals surface area contributed by atoms with Crippen molar-refractivity contribution in [3.8, 4) is 0 Å². The molecule has 1 saturated heterocycles. The molecule has 0 amide bonds. The zero-order valence-corrected chi connectivity index (χ0v) is 13.7. The fourth-order valence-corrected chi connectivity index (χ4v) is 4.88. The number of hydrogen-bond donors (Lipinski definition) is 1. The first-order chi connectivity index (χ1) is 10.0. The zero-order valence-electron chi connectivity index (χ0n) is 12.9. The van der Waals surface area contributed by atoms with E-state index < -0.39 is 10.0 Å². The van der Waals surface area contributed by atoms with Crippen molar-refractivity contribution >= 4 is 10.0 Å². The van der Waals surface area contributed by atoms with Crippen LogP contribution >= 0.6 is 0 Å². The van der Waals surface area contributed by atoms with Crippen LogP contribution in [0, 0.1) is 0 Å². The van der Waals surface area contributed by atoms with E-state index in [1.807, 2.05) is 19.2 Å². The van der Waals surface area contributed by atoms with Crippen molar-refractivity contribution in [2.75, 3.05) is 13.1 Å². The first kappa shape index (κ1) is 15.1. The van der Waals surface area contributed by atoms with Gasteiger partial charge in [0.15, 0.2) is 0 Å². The van der Waals surface area contributed by atoms with Crippen molar-refractivity contribution in [3.63, 3.8) is 0 Å². The molecule has 1 saturated carbocycles. The van der Waals surface area contributed by atoms with E-state index in [1.165, 1.54) is 0 Å². The van der Waals surface area contributed by atoms with E-state index in [4.69, 9.17) is 0 Å². The molecule has 1 aromatic rings. The lowest BCUT2D eigenvalue weighted by Gasteiger charge is -2.19. The molecule has 6 heteroatoms. The number of aromatic nitrogens is 1. The van der Waals surface area contributed by atoms with Gasteiger partial charge in [0.1, 0.15) is 4.90 Å². The molecule has 118 valence electrons. The van der Waals surface area contributed by atoms with Gasteiger partial charge >= 0.3 is 0 Å². The molecule has 1 aromatic heterocycles. The summed E-state index contributed by atoms with van der Waals surface area (Å²) in [5, 5.41) is 3.30. The molecule has 0 radical (unpaired) electrons. The van der Waals surface area contributed by atoms with Gasteiger partial charge in [0.2, 0.25) is 10.0 Å². The van der Waals surface area contributed by atoms with Gasteiger partial charge in [-0.15, -0.1) is 0 Å². The third kappa shape index (κ3) is 2.89. The molecule has 1 unspecified atom stereocenters. The first-order valence-electron chi connectivity index (χ1n) is 7.97. The summed E-state index contributed by atoms with van der Waals surface area (Å²) in [4.78, 5) is 0.469. The highest BCUT2D eigenvalue weighted by Crippen LogP contribution is 2.38. The minimum Gasteiger partial charge on any atom is -0.346 e. The van der Waals surface area contributed by atoms with Gasteiger partial charge in [-0.1, -0.05) is 6.92 Å². The van der Waals surface area contributed by atoms with Crippen molar-refractivity contribution in [2.24, 2.45) is 0 Å². The highest BCUT2D eigenvalue weighted by Gasteiger charge is 2.35. The minimum atomic E-state index is -3.34. The summed E-state index contributed by atoms with van der Waals surface area (Å²) in [6, 6.07) is 2.48. The Kier molecular flexibility index (Phi) is 4.12. The minimum absolute atomic E-state index is 0.122. The van der Waals surface area contributed by atoms with Crippen LogP contribution in [0.5, 0.6) is 0 Å². The number of rotatable bonds is 6. The average Bonchev–Trinajstić information content (AvgIpc) is 3.04. The Bertz CT molecular complexity index is 604. The van der Waals surface area contributed by atoms with Crippen LogP contribution in [0.25, 0.3) is 0 Å². The SMILES string of the molecule is CCNCc1cc(S(=O)(=O)N2CCCC2C)cn1C1CC1. The Balaban J connectivity index is 1.90. The Morgan fingerprint density at radius 2 is 2.10 bits per heavy atom. The second-order valence-electron chi connectivity index (χ2n) is 6.19. The number of nitrogens with one attached hydrogen (secondary N) is 1. The molecule has 1 aliphatic carbocycles. The lowest BCUT2D eigenvalue weighted by molar-refractivity contribution is 0.408. The third-order valence-corrected chi connectivity index (χ3v) is 6.48. The summed E-state index contributed by atoms with van der Waals surface area (Å²) in [6.45, 7) is 6.34. The molecule has 1 N–H and O–H groups in total. The molecule has 3 rings (SSSR count). The third-order valence-electron chi connectivity index (χ3n) is 4.50. The van der Waals surface area contributed by atoms with Gasteiger partial charge in [0.05, 0.1) is 0 Å². The number of hydrogen-bond acceptors (Lipinski definition) is 3. The number of nitrogens with zero attached hydrogens (tertiary/aromatic N) is 2. The fourth-order valence-electron chi connectivity index (χ4n) is 3.12. The van der Waals surface area contributed by atoms with Crippen LogP contribution in [0.15, 0.2) is 17.2 Å². The topological polar surface area (TPSA) is 54.3 Å². The van der Waals surface area contributed by atoms with E-state index in [0.29, 0.717) is 17.5 Å². The molecule has 1 aliphatic heterocycles. The van der Waals surface area contributed by atoms with Crippen LogP contribution in [-0.2, 0) is 16.6 Å².